The molecule has 0 radical (unpaired) electrons. The molecule has 0 spiro atoms. The molecule has 20 heavy (non-hydrogen) atoms. The average molecular weight is 306 g/mol. The van der Waals surface area contributed by atoms with Crippen LogP contribution in [-0.2, 0) is 9.53 Å². The molecule has 0 saturated heterocycles. The van der Waals surface area contributed by atoms with Crippen LogP contribution in [-0.4, -0.2) is 29.7 Å². The smallest absolute Gasteiger partial charge is 0.547 e. The summed E-state index contributed by atoms with van der Waals surface area (Å²) in [5.74, 6) is -1.45. The quantitative estimate of drug-likeness (QED) is 0.273. The number of carbonyl (C=O) groups is 2. The minimum absolute atomic E-state index is 0. The normalized spacial score (nSPS) is 13.8. The van der Waals surface area contributed by atoms with Gasteiger partial charge in [0.15, 0.2) is 0 Å². The van der Waals surface area contributed by atoms with Gasteiger partial charge in [-0.25, -0.2) is 11.4 Å². The van der Waals surface area contributed by atoms with Gasteiger partial charge in [0.25, 0.3) is 0 Å². The summed E-state index contributed by atoms with van der Waals surface area (Å²) in [5, 5.41) is 13.3. The molecule has 1 amide bonds. The van der Waals surface area contributed by atoms with Crippen molar-refractivity contribution in [2.24, 2.45) is 0 Å². The number of amides is 1. The van der Waals surface area contributed by atoms with Crippen molar-refractivity contribution in [1.82, 2.24) is 5.32 Å². The Morgan fingerprint density at radius 1 is 1.35 bits per heavy atom. The van der Waals surface area contributed by atoms with Gasteiger partial charge in [0.1, 0.15) is 5.60 Å². The maximum absolute atomic E-state index is 11.6. The molecule has 0 aromatic heterocycles. The first-order chi connectivity index (χ1) is 8.60. The summed E-state index contributed by atoms with van der Waals surface area (Å²) in [6.45, 7) is 13.2. The van der Waals surface area contributed by atoms with Gasteiger partial charge in [-0.05, 0) is 27.7 Å². The van der Waals surface area contributed by atoms with Gasteiger partial charge in [0.2, 0.25) is 6.54 Å². The molecule has 0 aliphatic heterocycles. The SMILES string of the molecule is [C-]#[N+]CC/C=C\C(C)(NC(=O)OC(C)(C)C)C(=O)[O-].[K+]. The van der Waals surface area contributed by atoms with Crippen LogP contribution < -0.4 is 61.8 Å². The van der Waals surface area contributed by atoms with Gasteiger partial charge in [-0.1, -0.05) is 12.2 Å². The number of hydrogen-bond acceptors (Lipinski definition) is 4. The van der Waals surface area contributed by atoms with Crippen molar-refractivity contribution in [3.8, 4) is 0 Å². The van der Waals surface area contributed by atoms with E-state index in [1.54, 1.807) is 20.8 Å². The fourth-order valence-electron chi connectivity index (χ4n) is 1.13. The second-order valence-electron chi connectivity index (χ2n) is 5.19. The molecule has 0 heterocycles. The van der Waals surface area contributed by atoms with Gasteiger partial charge in [0, 0.05) is 6.42 Å². The Bertz CT molecular complexity index is 410. The van der Waals surface area contributed by atoms with E-state index in [0.717, 1.165) is 0 Å². The molecular formula is C13H19KN2O4. The number of alkyl carbamates (subject to hydrolysis) is 1. The van der Waals surface area contributed by atoms with Gasteiger partial charge in [-0.2, -0.15) is 0 Å². The maximum Gasteiger partial charge on any atom is 1.00 e. The van der Waals surface area contributed by atoms with E-state index in [-0.39, 0.29) is 57.9 Å². The molecule has 1 unspecified atom stereocenters. The van der Waals surface area contributed by atoms with Gasteiger partial charge >= 0.3 is 57.5 Å². The summed E-state index contributed by atoms with van der Waals surface area (Å²) in [6.07, 6.45) is 2.37. The first kappa shape index (κ1) is 21.9. The van der Waals surface area contributed by atoms with Crippen LogP contribution in [0.4, 0.5) is 4.79 Å². The monoisotopic (exact) mass is 306 g/mol. The number of nitrogens with zero attached hydrogens (tertiary/aromatic N) is 1. The number of carboxylic acids is 1. The molecule has 0 aromatic carbocycles. The molecule has 1 N–H and O–H groups in total. The first-order valence-electron chi connectivity index (χ1n) is 5.84. The fourth-order valence-corrected chi connectivity index (χ4v) is 1.13. The summed E-state index contributed by atoms with van der Waals surface area (Å²) in [7, 11) is 0. The van der Waals surface area contributed by atoms with Gasteiger partial charge in [0.05, 0.1) is 11.5 Å². The van der Waals surface area contributed by atoms with Crippen molar-refractivity contribution in [3.05, 3.63) is 23.6 Å². The second-order valence-corrected chi connectivity index (χ2v) is 5.19. The number of rotatable bonds is 5. The molecule has 106 valence electrons. The van der Waals surface area contributed by atoms with Gasteiger partial charge in [-0.3, -0.25) is 0 Å². The molecule has 7 heteroatoms. The van der Waals surface area contributed by atoms with E-state index in [1.807, 2.05) is 0 Å². The standard InChI is InChI=1S/C13H20N2O4.K/c1-12(2,3)19-11(18)15-13(4,10(16)17)8-6-7-9-14-5;/h6,8H,7,9H2,1-4H3,(H,15,18)(H,16,17);/q;+1/p-1/b8-6-;. The second kappa shape index (κ2) is 9.53. The van der Waals surface area contributed by atoms with Crippen molar-refractivity contribution in [3.63, 3.8) is 0 Å². The Morgan fingerprint density at radius 2 is 1.90 bits per heavy atom. The number of hydrogen-bond donors (Lipinski definition) is 1. The van der Waals surface area contributed by atoms with Crippen molar-refractivity contribution in [1.29, 1.82) is 0 Å². The molecule has 6 nitrogen and oxygen atoms in total. The Hall–Kier alpha value is -0.394. The van der Waals surface area contributed by atoms with Gasteiger partial charge < -0.3 is 24.8 Å². The zero-order valence-corrected chi connectivity index (χ0v) is 15.8. The summed E-state index contributed by atoms with van der Waals surface area (Å²) < 4.78 is 4.99. The fraction of sp³-hybridized carbons (Fsp3) is 0.615. The van der Waals surface area contributed by atoms with E-state index in [2.05, 4.69) is 10.2 Å². The molecule has 0 bridgehead atoms. The Kier molecular flexibility index (Phi) is 10.4. The minimum atomic E-state index is -1.66. The third kappa shape index (κ3) is 9.50. The van der Waals surface area contributed by atoms with Crippen LogP contribution >= 0.6 is 0 Å². The van der Waals surface area contributed by atoms with E-state index in [0.29, 0.717) is 6.42 Å². The molecule has 0 fully saturated rings. The van der Waals surface area contributed by atoms with Crippen LogP contribution in [0.2, 0.25) is 0 Å². The molecule has 1 atom stereocenters. The Balaban J connectivity index is 0. The average Bonchev–Trinajstić information content (AvgIpc) is 2.21. The zero-order valence-electron chi connectivity index (χ0n) is 12.6. The Morgan fingerprint density at radius 3 is 2.30 bits per heavy atom. The van der Waals surface area contributed by atoms with Gasteiger partial charge in [-0.15, -0.1) is 0 Å². The summed E-state index contributed by atoms with van der Waals surface area (Å²) >= 11 is 0. The minimum Gasteiger partial charge on any atom is -0.547 e. The third-order valence-corrected chi connectivity index (χ3v) is 2.04. The number of nitrogens with one attached hydrogen (secondary N) is 1. The third-order valence-electron chi connectivity index (χ3n) is 2.04. The number of aliphatic carboxylic acids is 1. The molecule has 0 saturated carbocycles. The van der Waals surface area contributed by atoms with E-state index in [4.69, 9.17) is 11.3 Å². The van der Waals surface area contributed by atoms with Crippen LogP contribution in [0.15, 0.2) is 12.2 Å². The summed E-state index contributed by atoms with van der Waals surface area (Å²) in [4.78, 5) is 25.8. The van der Waals surface area contributed by atoms with E-state index >= 15 is 0 Å². The van der Waals surface area contributed by atoms with E-state index < -0.39 is 23.2 Å². The van der Waals surface area contributed by atoms with Crippen LogP contribution in [0.5, 0.6) is 0 Å². The van der Waals surface area contributed by atoms with E-state index in [1.165, 1.54) is 19.1 Å². The summed E-state index contributed by atoms with van der Waals surface area (Å²) in [6, 6.07) is 0. The van der Waals surface area contributed by atoms with Crippen LogP contribution in [0, 0.1) is 6.57 Å². The molecule has 0 rings (SSSR count). The molecule has 0 aliphatic carbocycles. The van der Waals surface area contributed by atoms with Crippen LogP contribution in [0.25, 0.3) is 4.85 Å². The van der Waals surface area contributed by atoms with Crippen molar-refractivity contribution in [2.75, 3.05) is 6.54 Å². The largest absolute Gasteiger partial charge is 1.00 e. The van der Waals surface area contributed by atoms with Crippen molar-refractivity contribution < 1.29 is 70.8 Å². The number of carboxylic acid groups (broad SMARTS) is 1. The zero-order chi connectivity index (χ0) is 15.1. The molecule has 0 aliphatic rings. The maximum atomic E-state index is 11.6. The first-order valence-corrected chi connectivity index (χ1v) is 5.84. The van der Waals surface area contributed by atoms with Crippen LogP contribution in [0.1, 0.15) is 34.1 Å². The number of ether oxygens (including phenoxy) is 1. The topological polar surface area (TPSA) is 82.8 Å². The summed E-state index contributed by atoms with van der Waals surface area (Å²) in [5.41, 5.74) is -2.38. The predicted molar refractivity (Wildman–Crippen MR) is 68.0 cm³/mol. The molecular weight excluding hydrogens is 287 g/mol. The molecule has 0 aromatic rings. The van der Waals surface area contributed by atoms with Crippen molar-refractivity contribution in [2.45, 2.75) is 45.3 Å². The van der Waals surface area contributed by atoms with E-state index in [9.17, 15) is 14.7 Å². The number of carbonyl (C=O) groups excluding carboxylic acids is 2. The van der Waals surface area contributed by atoms with Crippen molar-refractivity contribution >= 4 is 12.1 Å². The van der Waals surface area contributed by atoms with Crippen LogP contribution in [0.3, 0.4) is 0 Å². The Labute approximate surface area is 162 Å². The predicted octanol–water partition coefficient (Wildman–Crippen LogP) is -2.11.